The van der Waals surface area contributed by atoms with Crippen molar-refractivity contribution in [1.29, 1.82) is 0 Å². The van der Waals surface area contributed by atoms with Crippen LogP contribution in [-0.4, -0.2) is 24.6 Å². The molecular formula is C22H21FN2O3S. The van der Waals surface area contributed by atoms with Crippen LogP contribution in [0.25, 0.3) is 11.3 Å². The highest BCUT2D eigenvalue weighted by Gasteiger charge is 2.27. The molecule has 1 fully saturated rings. The van der Waals surface area contributed by atoms with Crippen LogP contribution in [0.1, 0.15) is 36.3 Å². The summed E-state index contributed by atoms with van der Waals surface area (Å²) in [5.41, 5.74) is 2.28. The Morgan fingerprint density at radius 1 is 1.17 bits per heavy atom. The monoisotopic (exact) mass is 412 g/mol. The van der Waals surface area contributed by atoms with E-state index in [1.807, 2.05) is 6.07 Å². The van der Waals surface area contributed by atoms with Crippen molar-refractivity contribution >= 4 is 9.84 Å². The zero-order valence-electron chi connectivity index (χ0n) is 16.0. The van der Waals surface area contributed by atoms with E-state index in [0.717, 1.165) is 31.1 Å². The molecule has 1 aliphatic rings. The van der Waals surface area contributed by atoms with Crippen LogP contribution < -0.4 is 4.74 Å². The summed E-state index contributed by atoms with van der Waals surface area (Å²) in [5, 5.41) is 0. The molecule has 29 heavy (non-hydrogen) atoms. The van der Waals surface area contributed by atoms with Gasteiger partial charge in [0.1, 0.15) is 6.61 Å². The van der Waals surface area contributed by atoms with Gasteiger partial charge >= 0.3 is 0 Å². The molecule has 0 bridgehead atoms. The molecule has 5 nitrogen and oxygen atoms in total. The Bertz CT molecular complexity index is 1130. The molecule has 1 aliphatic carbocycles. The molecule has 0 unspecified atom stereocenters. The van der Waals surface area contributed by atoms with E-state index in [1.54, 1.807) is 24.3 Å². The summed E-state index contributed by atoms with van der Waals surface area (Å²) in [4.78, 5) is 8.42. The van der Waals surface area contributed by atoms with Gasteiger partial charge in [-0.2, -0.15) is 0 Å². The number of halogens is 1. The molecule has 7 heteroatoms. The van der Waals surface area contributed by atoms with Crippen LogP contribution in [0.5, 0.6) is 5.75 Å². The summed E-state index contributed by atoms with van der Waals surface area (Å²) in [6, 6.07) is 10.1. The minimum atomic E-state index is -3.32. The summed E-state index contributed by atoms with van der Waals surface area (Å²) in [6.45, 7) is 0.0733. The molecular weight excluding hydrogens is 391 g/mol. The van der Waals surface area contributed by atoms with E-state index in [1.165, 1.54) is 24.7 Å². The molecule has 0 spiro atoms. The lowest BCUT2D eigenvalue weighted by Gasteiger charge is -2.28. The largest absolute Gasteiger partial charge is 0.486 e. The highest BCUT2D eigenvalue weighted by Crippen LogP contribution is 2.43. The minimum Gasteiger partial charge on any atom is -0.486 e. The van der Waals surface area contributed by atoms with Gasteiger partial charge in [0.2, 0.25) is 0 Å². The Labute approximate surface area is 169 Å². The molecule has 0 aliphatic heterocycles. The van der Waals surface area contributed by atoms with Crippen LogP contribution in [0.2, 0.25) is 0 Å². The average Bonchev–Trinajstić information content (AvgIpc) is 2.67. The molecule has 0 amide bonds. The van der Waals surface area contributed by atoms with Crippen LogP contribution in [0.15, 0.2) is 59.9 Å². The van der Waals surface area contributed by atoms with Crippen LogP contribution in [-0.2, 0) is 16.4 Å². The molecule has 4 rings (SSSR count). The van der Waals surface area contributed by atoms with Gasteiger partial charge in [0.15, 0.2) is 21.4 Å². The molecule has 3 aromatic rings. The van der Waals surface area contributed by atoms with Crippen molar-refractivity contribution in [3.05, 3.63) is 71.9 Å². The number of rotatable bonds is 6. The van der Waals surface area contributed by atoms with Gasteiger partial charge in [-0.15, -0.1) is 0 Å². The van der Waals surface area contributed by atoms with Crippen molar-refractivity contribution in [3.63, 3.8) is 0 Å². The summed E-state index contributed by atoms with van der Waals surface area (Å²) in [6.07, 6.45) is 8.86. The number of hydrogen-bond acceptors (Lipinski definition) is 5. The lowest BCUT2D eigenvalue weighted by atomic mass is 9.79. The van der Waals surface area contributed by atoms with Gasteiger partial charge in [0, 0.05) is 29.8 Å². The quantitative estimate of drug-likeness (QED) is 0.595. The summed E-state index contributed by atoms with van der Waals surface area (Å²) in [5.74, 6) is 0.0227. The molecule has 0 saturated heterocycles. The van der Waals surface area contributed by atoms with Gasteiger partial charge in [-0.3, -0.25) is 9.97 Å². The van der Waals surface area contributed by atoms with E-state index in [9.17, 15) is 8.42 Å². The number of benzene rings is 2. The second-order valence-electron chi connectivity index (χ2n) is 7.27. The van der Waals surface area contributed by atoms with Crippen molar-refractivity contribution in [2.24, 2.45) is 0 Å². The SMILES string of the molecule is CS(=O)(=O)c1cccc(COc2c(C3CCC3)ccc(-c3cnccn3)c2F)c1. The molecule has 1 saturated carbocycles. The van der Waals surface area contributed by atoms with E-state index in [4.69, 9.17) is 4.74 Å². The summed E-state index contributed by atoms with van der Waals surface area (Å²) < 4.78 is 44.9. The van der Waals surface area contributed by atoms with Gasteiger partial charge in [-0.05, 0) is 42.5 Å². The number of nitrogens with zero attached hydrogens (tertiary/aromatic N) is 2. The Kier molecular flexibility index (Phi) is 5.32. The maximum atomic E-state index is 15.4. The standard InChI is InChI=1S/C22H21FN2O3S/c1-29(26,27)17-7-2-4-15(12-17)14-28-22-18(16-5-3-6-16)8-9-19(21(22)23)20-13-24-10-11-25-20/h2,4,7-13,16H,3,5-6,14H2,1H3. The van der Waals surface area contributed by atoms with E-state index in [0.29, 0.717) is 16.8 Å². The second kappa shape index (κ2) is 7.91. The third-order valence-electron chi connectivity index (χ3n) is 5.22. The predicted octanol–water partition coefficient (Wildman–Crippen LogP) is 4.53. The first-order valence-corrected chi connectivity index (χ1v) is 11.3. The first kappa shape index (κ1) is 19.5. The average molecular weight is 412 g/mol. The van der Waals surface area contributed by atoms with Crippen LogP contribution >= 0.6 is 0 Å². The fourth-order valence-electron chi connectivity index (χ4n) is 3.42. The molecule has 0 radical (unpaired) electrons. The van der Waals surface area contributed by atoms with E-state index in [2.05, 4.69) is 9.97 Å². The van der Waals surface area contributed by atoms with Crippen LogP contribution in [0, 0.1) is 5.82 Å². The number of hydrogen-bond donors (Lipinski definition) is 0. The Hall–Kier alpha value is -2.80. The molecule has 1 heterocycles. The van der Waals surface area contributed by atoms with E-state index < -0.39 is 15.7 Å². The highest BCUT2D eigenvalue weighted by atomic mass is 32.2. The number of sulfone groups is 1. The van der Waals surface area contributed by atoms with Crippen molar-refractivity contribution in [2.45, 2.75) is 36.7 Å². The molecule has 0 N–H and O–H groups in total. The zero-order valence-corrected chi connectivity index (χ0v) is 16.8. The van der Waals surface area contributed by atoms with E-state index in [-0.39, 0.29) is 23.2 Å². The van der Waals surface area contributed by atoms with Gasteiger partial charge in [0.25, 0.3) is 0 Å². The fourth-order valence-corrected chi connectivity index (χ4v) is 4.11. The van der Waals surface area contributed by atoms with Crippen LogP contribution in [0.3, 0.4) is 0 Å². The van der Waals surface area contributed by atoms with Crippen molar-refractivity contribution in [3.8, 4) is 17.0 Å². The van der Waals surface area contributed by atoms with Gasteiger partial charge in [-0.1, -0.05) is 24.6 Å². The first-order chi connectivity index (χ1) is 13.9. The molecule has 1 aromatic heterocycles. The third kappa shape index (κ3) is 4.15. The zero-order chi connectivity index (χ0) is 20.4. The number of ether oxygens (including phenoxy) is 1. The topological polar surface area (TPSA) is 69.2 Å². The van der Waals surface area contributed by atoms with Crippen molar-refractivity contribution in [2.75, 3.05) is 6.26 Å². The van der Waals surface area contributed by atoms with Crippen molar-refractivity contribution < 1.29 is 17.5 Å². The fraction of sp³-hybridized carbons (Fsp3) is 0.273. The number of aromatic nitrogens is 2. The maximum absolute atomic E-state index is 15.4. The Morgan fingerprint density at radius 3 is 2.66 bits per heavy atom. The van der Waals surface area contributed by atoms with Gasteiger partial charge in [-0.25, -0.2) is 12.8 Å². The third-order valence-corrected chi connectivity index (χ3v) is 6.33. The summed E-state index contributed by atoms with van der Waals surface area (Å²) in [7, 11) is -3.32. The Morgan fingerprint density at radius 2 is 2.00 bits per heavy atom. The lowest BCUT2D eigenvalue weighted by Crippen LogP contribution is -2.12. The predicted molar refractivity (Wildman–Crippen MR) is 108 cm³/mol. The molecule has 2 aromatic carbocycles. The normalized spacial score (nSPS) is 14.4. The van der Waals surface area contributed by atoms with Crippen LogP contribution in [0.4, 0.5) is 4.39 Å². The smallest absolute Gasteiger partial charge is 0.175 e. The Balaban J connectivity index is 1.68. The maximum Gasteiger partial charge on any atom is 0.175 e. The lowest BCUT2D eigenvalue weighted by molar-refractivity contribution is 0.278. The minimum absolute atomic E-state index is 0.0733. The van der Waals surface area contributed by atoms with Gasteiger partial charge < -0.3 is 4.74 Å². The van der Waals surface area contributed by atoms with E-state index >= 15 is 4.39 Å². The first-order valence-electron chi connectivity index (χ1n) is 9.44. The second-order valence-corrected chi connectivity index (χ2v) is 9.29. The molecule has 0 atom stereocenters. The van der Waals surface area contributed by atoms with Gasteiger partial charge in [0.05, 0.1) is 16.8 Å². The highest BCUT2D eigenvalue weighted by molar-refractivity contribution is 7.90. The van der Waals surface area contributed by atoms with Crippen molar-refractivity contribution in [1.82, 2.24) is 9.97 Å². The molecule has 150 valence electrons. The summed E-state index contributed by atoms with van der Waals surface area (Å²) >= 11 is 0.